The third-order valence-corrected chi connectivity index (χ3v) is 4.18. The summed E-state index contributed by atoms with van der Waals surface area (Å²) in [6, 6.07) is 14.2. The number of anilines is 1. The summed E-state index contributed by atoms with van der Waals surface area (Å²) in [6.07, 6.45) is 0. The van der Waals surface area contributed by atoms with E-state index in [2.05, 4.69) is 20.4 Å². The Hall–Kier alpha value is -3.81. The minimum atomic E-state index is -0.431. The van der Waals surface area contributed by atoms with E-state index >= 15 is 0 Å². The second-order valence-corrected chi connectivity index (χ2v) is 5.93. The molecule has 0 spiro atoms. The number of rotatable bonds is 3. The summed E-state index contributed by atoms with van der Waals surface area (Å²) < 4.78 is 0. The molecule has 128 valence electrons. The summed E-state index contributed by atoms with van der Waals surface area (Å²) in [7, 11) is 0. The monoisotopic (exact) mass is 346 g/mol. The van der Waals surface area contributed by atoms with Gasteiger partial charge >= 0.3 is 0 Å². The molecule has 0 saturated carbocycles. The van der Waals surface area contributed by atoms with Crippen molar-refractivity contribution in [1.82, 2.24) is 20.4 Å². The number of nitrogens with zero attached hydrogens (tertiary/aromatic N) is 4. The number of nitro benzene ring substituents is 1. The largest absolute Gasteiger partial charge is 0.383 e. The predicted octanol–water partition coefficient (Wildman–Crippen LogP) is 3.49. The van der Waals surface area contributed by atoms with Gasteiger partial charge in [-0.3, -0.25) is 15.2 Å². The van der Waals surface area contributed by atoms with E-state index in [-0.39, 0.29) is 5.69 Å². The van der Waals surface area contributed by atoms with Crippen molar-refractivity contribution in [3.05, 3.63) is 64.2 Å². The number of aromatic nitrogens is 4. The van der Waals surface area contributed by atoms with Crippen LogP contribution < -0.4 is 5.73 Å². The van der Waals surface area contributed by atoms with Crippen molar-refractivity contribution in [2.75, 3.05) is 5.73 Å². The highest BCUT2D eigenvalue weighted by Crippen LogP contribution is 2.38. The highest BCUT2D eigenvalue weighted by atomic mass is 16.6. The normalized spacial score (nSPS) is 11.0. The van der Waals surface area contributed by atoms with Gasteiger partial charge in [0, 0.05) is 23.3 Å². The van der Waals surface area contributed by atoms with E-state index in [4.69, 9.17) is 5.73 Å². The Morgan fingerprint density at radius 3 is 2.58 bits per heavy atom. The number of aryl methyl sites for hydroxylation is 1. The number of nitrogens with one attached hydrogen (secondary N) is 1. The molecule has 0 aliphatic heterocycles. The summed E-state index contributed by atoms with van der Waals surface area (Å²) in [5.41, 5.74) is 10.2. The smallest absolute Gasteiger partial charge is 0.270 e. The van der Waals surface area contributed by atoms with Crippen molar-refractivity contribution in [3.8, 4) is 22.4 Å². The fraction of sp³-hybridized carbons (Fsp3) is 0.0556. The third-order valence-electron chi connectivity index (χ3n) is 4.18. The summed E-state index contributed by atoms with van der Waals surface area (Å²) in [6.45, 7) is 1.99. The van der Waals surface area contributed by atoms with Crippen molar-refractivity contribution in [2.24, 2.45) is 0 Å². The van der Waals surface area contributed by atoms with Crippen molar-refractivity contribution in [3.63, 3.8) is 0 Å². The fourth-order valence-electron chi connectivity index (χ4n) is 2.90. The molecule has 4 rings (SSSR count). The van der Waals surface area contributed by atoms with Crippen LogP contribution in [0.3, 0.4) is 0 Å². The van der Waals surface area contributed by atoms with Crippen LogP contribution in [-0.4, -0.2) is 25.3 Å². The topological polar surface area (TPSA) is 124 Å². The summed E-state index contributed by atoms with van der Waals surface area (Å²) in [5, 5.41) is 27.0. The fourth-order valence-corrected chi connectivity index (χ4v) is 2.90. The molecule has 26 heavy (non-hydrogen) atoms. The van der Waals surface area contributed by atoms with Crippen LogP contribution in [0, 0.1) is 17.0 Å². The molecule has 0 bridgehead atoms. The van der Waals surface area contributed by atoms with E-state index in [0.29, 0.717) is 33.7 Å². The average molecular weight is 346 g/mol. The molecule has 4 aromatic rings. The molecule has 0 amide bonds. The Labute approximate surface area is 147 Å². The zero-order valence-corrected chi connectivity index (χ0v) is 13.8. The Morgan fingerprint density at radius 1 is 1.08 bits per heavy atom. The number of aromatic amines is 1. The van der Waals surface area contributed by atoms with E-state index in [1.807, 2.05) is 31.2 Å². The molecule has 0 unspecified atom stereocenters. The van der Waals surface area contributed by atoms with Gasteiger partial charge in [0.05, 0.1) is 10.3 Å². The van der Waals surface area contributed by atoms with Gasteiger partial charge in [-0.05, 0) is 12.5 Å². The highest BCUT2D eigenvalue weighted by Gasteiger charge is 2.20. The lowest BCUT2D eigenvalue weighted by atomic mass is 9.96. The number of H-pyrrole nitrogens is 1. The maximum Gasteiger partial charge on any atom is 0.270 e. The molecular weight excluding hydrogens is 332 g/mol. The van der Waals surface area contributed by atoms with E-state index < -0.39 is 4.92 Å². The van der Waals surface area contributed by atoms with Crippen LogP contribution >= 0.6 is 0 Å². The van der Waals surface area contributed by atoms with Crippen LogP contribution in [0.25, 0.3) is 33.4 Å². The average Bonchev–Trinajstić information content (AvgIpc) is 3.03. The molecular formula is C18H14N6O2. The second kappa shape index (κ2) is 5.92. The first-order valence-electron chi connectivity index (χ1n) is 7.86. The number of fused-ring (bicyclic) bond motifs is 1. The van der Waals surface area contributed by atoms with Gasteiger partial charge in [0.25, 0.3) is 5.69 Å². The molecule has 0 fully saturated rings. The van der Waals surface area contributed by atoms with Crippen molar-refractivity contribution < 1.29 is 4.92 Å². The van der Waals surface area contributed by atoms with Crippen molar-refractivity contribution >= 4 is 22.5 Å². The third kappa shape index (κ3) is 2.53. The van der Waals surface area contributed by atoms with Gasteiger partial charge in [-0.1, -0.05) is 42.0 Å². The molecule has 3 N–H and O–H groups in total. The Bertz CT molecular complexity index is 1130. The quantitative estimate of drug-likeness (QED) is 0.432. The maximum absolute atomic E-state index is 11.2. The van der Waals surface area contributed by atoms with Gasteiger partial charge in [0.1, 0.15) is 11.5 Å². The summed E-state index contributed by atoms with van der Waals surface area (Å²) >= 11 is 0. The molecule has 0 aliphatic rings. The van der Waals surface area contributed by atoms with E-state index in [9.17, 15) is 10.1 Å². The zero-order chi connectivity index (χ0) is 18.3. The van der Waals surface area contributed by atoms with Gasteiger partial charge in [0.2, 0.25) is 5.65 Å². The van der Waals surface area contributed by atoms with Crippen molar-refractivity contribution in [1.29, 1.82) is 0 Å². The zero-order valence-electron chi connectivity index (χ0n) is 13.8. The Morgan fingerprint density at radius 2 is 1.85 bits per heavy atom. The Balaban J connectivity index is 2.06. The SMILES string of the molecule is Cc1ccc(-c2nnc3n[nH]c(N)c3c2-c2cccc([N+](=O)[O-])c2)cc1. The molecule has 2 aromatic heterocycles. The number of non-ortho nitro benzene ring substituents is 1. The lowest BCUT2D eigenvalue weighted by Crippen LogP contribution is -1.97. The number of benzene rings is 2. The first kappa shape index (κ1) is 15.7. The highest BCUT2D eigenvalue weighted by molar-refractivity contribution is 6.04. The van der Waals surface area contributed by atoms with Crippen LogP contribution in [-0.2, 0) is 0 Å². The number of hydrogen-bond donors (Lipinski definition) is 2. The lowest BCUT2D eigenvalue weighted by molar-refractivity contribution is -0.384. The number of nitrogen functional groups attached to an aromatic ring is 1. The molecule has 8 heteroatoms. The number of nitrogens with two attached hydrogens (primary N) is 1. The molecule has 0 radical (unpaired) electrons. The van der Waals surface area contributed by atoms with E-state index in [1.165, 1.54) is 12.1 Å². The molecule has 0 aliphatic carbocycles. The predicted molar refractivity (Wildman–Crippen MR) is 98.4 cm³/mol. The van der Waals surface area contributed by atoms with E-state index in [1.54, 1.807) is 12.1 Å². The number of hydrogen-bond acceptors (Lipinski definition) is 6. The maximum atomic E-state index is 11.2. The molecule has 2 aromatic carbocycles. The minimum absolute atomic E-state index is 0.00983. The van der Waals surface area contributed by atoms with Crippen LogP contribution in [0.2, 0.25) is 0 Å². The lowest BCUT2D eigenvalue weighted by Gasteiger charge is -2.10. The minimum Gasteiger partial charge on any atom is -0.383 e. The van der Waals surface area contributed by atoms with Gasteiger partial charge in [-0.25, -0.2) is 0 Å². The van der Waals surface area contributed by atoms with E-state index in [0.717, 1.165) is 11.1 Å². The van der Waals surface area contributed by atoms with Crippen molar-refractivity contribution in [2.45, 2.75) is 6.92 Å². The molecule has 2 heterocycles. The van der Waals surface area contributed by atoms with Crippen LogP contribution in [0.4, 0.5) is 11.5 Å². The van der Waals surface area contributed by atoms with Crippen LogP contribution in [0.15, 0.2) is 48.5 Å². The standard InChI is InChI=1S/C18H14N6O2/c1-10-5-7-11(8-6-10)16-14(12-3-2-4-13(9-12)24(25)26)15-17(19)21-23-18(15)22-20-16/h2-9H,1H3,(H3,19,21,22,23). The number of nitro groups is 1. The molecule has 0 atom stereocenters. The first-order valence-corrected chi connectivity index (χ1v) is 7.86. The second-order valence-electron chi connectivity index (χ2n) is 5.93. The molecule has 0 saturated heterocycles. The van der Waals surface area contributed by atoms with Gasteiger partial charge in [-0.2, -0.15) is 5.10 Å². The summed E-state index contributed by atoms with van der Waals surface area (Å²) in [5.74, 6) is 0.338. The van der Waals surface area contributed by atoms with Gasteiger partial charge in [0.15, 0.2) is 0 Å². The summed E-state index contributed by atoms with van der Waals surface area (Å²) in [4.78, 5) is 10.8. The van der Waals surface area contributed by atoms with Crippen LogP contribution in [0.5, 0.6) is 0 Å². The van der Waals surface area contributed by atoms with Gasteiger partial charge < -0.3 is 5.73 Å². The van der Waals surface area contributed by atoms with Gasteiger partial charge in [-0.15, -0.1) is 10.2 Å². The van der Waals surface area contributed by atoms with Crippen LogP contribution in [0.1, 0.15) is 5.56 Å². The molecule has 8 nitrogen and oxygen atoms in total. The first-order chi connectivity index (χ1) is 12.5. The Kier molecular flexibility index (Phi) is 3.58.